The van der Waals surface area contributed by atoms with Gasteiger partial charge >= 0.3 is 6.03 Å². The zero-order chi connectivity index (χ0) is 13.7. The molecule has 98 valence electrons. The van der Waals surface area contributed by atoms with E-state index in [1.54, 1.807) is 12.1 Å². The summed E-state index contributed by atoms with van der Waals surface area (Å²) in [7, 11) is 0. The lowest BCUT2D eigenvalue weighted by Gasteiger charge is -2.15. The molecule has 0 aliphatic heterocycles. The van der Waals surface area contributed by atoms with Gasteiger partial charge in [0.1, 0.15) is 5.82 Å². The number of urea groups is 1. The summed E-state index contributed by atoms with van der Waals surface area (Å²) in [5.41, 5.74) is 1.44. The molecule has 19 heavy (non-hydrogen) atoms. The van der Waals surface area contributed by atoms with Crippen molar-refractivity contribution < 1.29 is 9.18 Å². The van der Waals surface area contributed by atoms with Gasteiger partial charge in [0.25, 0.3) is 0 Å². The molecule has 0 saturated heterocycles. The van der Waals surface area contributed by atoms with Gasteiger partial charge in [0.05, 0.1) is 6.04 Å². The Morgan fingerprint density at radius 1 is 1.11 bits per heavy atom. The minimum atomic E-state index is -0.381. The van der Waals surface area contributed by atoms with E-state index >= 15 is 0 Å². The first-order chi connectivity index (χ1) is 9.15. The topological polar surface area (TPSA) is 41.1 Å². The first-order valence-corrected chi connectivity index (χ1v) is 6.03. The number of nitrogens with one attached hydrogen (secondary N) is 2. The zero-order valence-corrected chi connectivity index (χ0v) is 10.6. The third-order valence-electron chi connectivity index (χ3n) is 2.73. The lowest BCUT2D eigenvalue weighted by atomic mass is 10.1. The van der Waals surface area contributed by atoms with E-state index in [0.29, 0.717) is 5.69 Å². The summed E-state index contributed by atoms with van der Waals surface area (Å²) in [6.45, 7) is 1.89. The van der Waals surface area contributed by atoms with E-state index in [1.165, 1.54) is 12.1 Å². The van der Waals surface area contributed by atoms with Crippen LogP contribution in [-0.4, -0.2) is 6.03 Å². The maximum absolute atomic E-state index is 13.0. The van der Waals surface area contributed by atoms with E-state index in [2.05, 4.69) is 10.6 Å². The Bertz CT molecular complexity index is 557. The van der Waals surface area contributed by atoms with Crippen molar-refractivity contribution in [2.24, 2.45) is 0 Å². The number of rotatable bonds is 3. The molecule has 0 spiro atoms. The SMILES string of the molecule is CC(NC(=O)Nc1cccc(F)c1)c1ccccc1. The fourth-order valence-electron chi connectivity index (χ4n) is 1.76. The molecule has 2 N–H and O–H groups in total. The Balaban J connectivity index is 1.95. The molecule has 3 nitrogen and oxygen atoms in total. The van der Waals surface area contributed by atoms with Gasteiger partial charge in [-0.3, -0.25) is 0 Å². The normalized spacial score (nSPS) is 11.7. The van der Waals surface area contributed by atoms with E-state index in [4.69, 9.17) is 0 Å². The second kappa shape index (κ2) is 6.00. The van der Waals surface area contributed by atoms with Crippen molar-refractivity contribution in [3.63, 3.8) is 0 Å². The van der Waals surface area contributed by atoms with Gasteiger partial charge in [0.2, 0.25) is 0 Å². The Morgan fingerprint density at radius 2 is 1.84 bits per heavy atom. The Hall–Kier alpha value is -2.36. The molecule has 0 radical (unpaired) electrons. The summed E-state index contributed by atoms with van der Waals surface area (Å²) in [5.74, 6) is -0.381. The third-order valence-corrected chi connectivity index (χ3v) is 2.73. The van der Waals surface area contributed by atoms with Crippen LogP contribution in [0.15, 0.2) is 54.6 Å². The fourth-order valence-corrected chi connectivity index (χ4v) is 1.76. The molecule has 0 saturated carbocycles. The van der Waals surface area contributed by atoms with Crippen molar-refractivity contribution in [2.75, 3.05) is 5.32 Å². The molecule has 0 fully saturated rings. The second-order valence-corrected chi connectivity index (χ2v) is 4.24. The van der Waals surface area contributed by atoms with Gasteiger partial charge in [-0.15, -0.1) is 0 Å². The highest BCUT2D eigenvalue weighted by Gasteiger charge is 2.09. The van der Waals surface area contributed by atoms with Crippen molar-refractivity contribution in [2.45, 2.75) is 13.0 Å². The number of carbonyl (C=O) groups excluding carboxylic acids is 1. The number of hydrogen-bond donors (Lipinski definition) is 2. The van der Waals surface area contributed by atoms with Gasteiger partial charge < -0.3 is 10.6 Å². The molecule has 0 aliphatic carbocycles. The van der Waals surface area contributed by atoms with Crippen LogP contribution >= 0.6 is 0 Å². The molecular formula is C15H15FN2O. The van der Waals surface area contributed by atoms with Crippen LogP contribution in [0.2, 0.25) is 0 Å². The Labute approximate surface area is 111 Å². The van der Waals surface area contributed by atoms with E-state index in [-0.39, 0.29) is 17.9 Å². The van der Waals surface area contributed by atoms with Crippen molar-refractivity contribution in [3.8, 4) is 0 Å². The number of amides is 2. The number of benzene rings is 2. The molecular weight excluding hydrogens is 243 g/mol. The molecule has 4 heteroatoms. The number of anilines is 1. The quantitative estimate of drug-likeness (QED) is 0.865. The van der Waals surface area contributed by atoms with Gasteiger partial charge in [-0.05, 0) is 30.7 Å². The highest BCUT2D eigenvalue weighted by atomic mass is 19.1. The van der Waals surface area contributed by atoms with Crippen LogP contribution < -0.4 is 10.6 Å². The third kappa shape index (κ3) is 3.81. The van der Waals surface area contributed by atoms with Gasteiger partial charge in [0, 0.05) is 5.69 Å². The first-order valence-electron chi connectivity index (χ1n) is 6.03. The summed E-state index contributed by atoms with van der Waals surface area (Å²) >= 11 is 0. The second-order valence-electron chi connectivity index (χ2n) is 4.24. The molecule has 2 amide bonds. The van der Waals surface area contributed by atoms with Crippen LogP contribution in [-0.2, 0) is 0 Å². The highest BCUT2D eigenvalue weighted by molar-refractivity contribution is 5.89. The summed E-state index contributed by atoms with van der Waals surface area (Å²) in [4.78, 5) is 11.8. The molecule has 1 unspecified atom stereocenters. The average Bonchev–Trinajstić information content (AvgIpc) is 2.39. The summed E-state index contributed by atoms with van der Waals surface area (Å²) in [6, 6.07) is 14.9. The highest BCUT2D eigenvalue weighted by Crippen LogP contribution is 2.12. The van der Waals surface area contributed by atoms with Crippen LogP contribution in [0.1, 0.15) is 18.5 Å². The predicted molar refractivity (Wildman–Crippen MR) is 73.4 cm³/mol. The molecule has 2 rings (SSSR count). The molecule has 0 heterocycles. The smallest absolute Gasteiger partial charge is 0.319 e. The minimum absolute atomic E-state index is 0.116. The summed E-state index contributed by atoms with van der Waals surface area (Å²) < 4.78 is 13.0. The van der Waals surface area contributed by atoms with Crippen LogP contribution in [0.5, 0.6) is 0 Å². The largest absolute Gasteiger partial charge is 0.331 e. The maximum Gasteiger partial charge on any atom is 0.319 e. The van der Waals surface area contributed by atoms with Gasteiger partial charge in [-0.25, -0.2) is 9.18 Å². The van der Waals surface area contributed by atoms with Crippen molar-refractivity contribution in [1.82, 2.24) is 5.32 Å². The molecule has 0 aromatic heterocycles. The number of hydrogen-bond acceptors (Lipinski definition) is 1. The molecule has 1 atom stereocenters. The standard InChI is InChI=1S/C15H15FN2O/c1-11(12-6-3-2-4-7-12)17-15(19)18-14-9-5-8-13(16)10-14/h2-11H,1H3,(H2,17,18,19). The van der Waals surface area contributed by atoms with Crippen LogP contribution in [0.25, 0.3) is 0 Å². The summed E-state index contributed by atoms with van der Waals surface area (Å²) in [5, 5.41) is 5.38. The summed E-state index contributed by atoms with van der Waals surface area (Å²) in [6.07, 6.45) is 0. The van der Waals surface area contributed by atoms with E-state index < -0.39 is 0 Å². The van der Waals surface area contributed by atoms with Crippen molar-refractivity contribution in [1.29, 1.82) is 0 Å². The van der Waals surface area contributed by atoms with Crippen LogP contribution in [0, 0.1) is 5.82 Å². The minimum Gasteiger partial charge on any atom is -0.331 e. The van der Waals surface area contributed by atoms with Gasteiger partial charge in [-0.2, -0.15) is 0 Å². The monoisotopic (exact) mass is 258 g/mol. The zero-order valence-electron chi connectivity index (χ0n) is 10.6. The van der Waals surface area contributed by atoms with E-state index in [0.717, 1.165) is 5.56 Å². The fraction of sp³-hybridized carbons (Fsp3) is 0.133. The van der Waals surface area contributed by atoms with E-state index in [1.807, 2.05) is 37.3 Å². The van der Waals surface area contributed by atoms with E-state index in [9.17, 15) is 9.18 Å². The number of carbonyl (C=O) groups is 1. The molecule has 2 aromatic carbocycles. The molecule has 2 aromatic rings. The Kier molecular flexibility index (Phi) is 4.13. The Morgan fingerprint density at radius 3 is 2.53 bits per heavy atom. The van der Waals surface area contributed by atoms with Crippen LogP contribution in [0.4, 0.5) is 14.9 Å². The maximum atomic E-state index is 13.0. The van der Waals surface area contributed by atoms with Gasteiger partial charge in [0.15, 0.2) is 0 Å². The van der Waals surface area contributed by atoms with Crippen molar-refractivity contribution in [3.05, 3.63) is 66.0 Å². The molecule has 0 bridgehead atoms. The number of halogens is 1. The first kappa shape index (κ1) is 13.1. The lowest BCUT2D eigenvalue weighted by molar-refractivity contribution is 0.249. The van der Waals surface area contributed by atoms with Crippen LogP contribution in [0.3, 0.4) is 0 Å². The lowest BCUT2D eigenvalue weighted by Crippen LogP contribution is -2.31. The predicted octanol–water partition coefficient (Wildman–Crippen LogP) is 3.71. The average molecular weight is 258 g/mol. The van der Waals surface area contributed by atoms with Gasteiger partial charge in [-0.1, -0.05) is 36.4 Å². The molecule has 0 aliphatic rings. The van der Waals surface area contributed by atoms with Crippen molar-refractivity contribution >= 4 is 11.7 Å².